The number of thiophene rings is 2. The monoisotopic (exact) mass is 441 g/mol. The molecular weight excluding hydrogens is 422 g/mol. The molecule has 0 saturated heterocycles. The standard InChI is InChI=1S/C22H19NO5S2/c1-12-6-8-30-21(12)18-17(19(24)16-5-4-7-29-16)20(25)22(26)23(18)13-9-14(27-2)11-15(10-13)28-3/h4-11,18,25H,1-3H3. The van der Waals surface area contributed by atoms with Gasteiger partial charge in [0.1, 0.15) is 17.5 Å². The van der Waals surface area contributed by atoms with E-state index in [0.29, 0.717) is 22.1 Å². The number of benzene rings is 1. The highest BCUT2D eigenvalue weighted by molar-refractivity contribution is 7.12. The summed E-state index contributed by atoms with van der Waals surface area (Å²) in [5, 5.41) is 14.5. The van der Waals surface area contributed by atoms with Gasteiger partial charge >= 0.3 is 0 Å². The molecule has 1 atom stereocenters. The molecule has 4 rings (SSSR count). The van der Waals surface area contributed by atoms with Crippen molar-refractivity contribution in [2.75, 3.05) is 19.1 Å². The first-order valence-electron chi connectivity index (χ1n) is 9.08. The van der Waals surface area contributed by atoms with Gasteiger partial charge in [0.05, 0.1) is 30.4 Å². The molecule has 6 nitrogen and oxygen atoms in total. The lowest BCUT2D eigenvalue weighted by atomic mass is 9.98. The smallest absolute Gasteiger partial charge is 0.294 e. The van der Waals surface area contributed by atoms with Crippen LogP contribution < -0.4 is 14.4 Å². The zero-order chi connectivity index (χ0) is 21.4. The summed E-state index contributed by atoms with van der Waals surface area (Å²) in [6.45, 7) is 1.92. The van der Waals surface area contributed by atoms with Gasteiger partial charge < -0.3 is 14.6 Å². The fourth-order valence-corrected chi connectivity index (χ4v) is 5.19. The normalized spacial score (nSPS) is 16.3. The molecule has 2 aromatic heterocycles. The molecule has 0 spiro atoms. The highest BCUT2D eigenvalue weighted by Gasteiger charge is 2.46. The van der Waals surface area contributed by atoms with Crippen molar-refractivity contribution in [3.8, 4) is 11.5 Å². The van der Waals surface area contributed by atoms with Crippen LogP contribution in [0.5, 0.6) is 11.5 Å². The van der Waals surface area contributed by atoms with E-state index >= 15 is 0 Å². The van der Waals surface area contributed by atoms with Crippen LogP contribution in [0.15, 0.2) is 58.5 Å². The highest BCUT2D eigenvalue weighted by atomic mass is 32.1. The number of aryl methyl sites for hydroxylation is 1. The van der Waals surface area contributed by atoms with E-state index in [1.807, 2.05) is 18.4 Å². The molecule has 1 unspecified atom stereocenters. The maximum absolute atomic E-state index is 13.3. The van der Waals surface area contributed by atoms with Gasteiger partial charge in [-0.15, -0.1) is 22.7 Å². The van der Waals surface area contributed by atoms with Gasteiger partial charge in [0.2, 0.25) is 5.78 Å². The maximum atomic E-state index is 13.3. The predicted molar refractivity (Wildman–Crippen MR) is 117 cm³/mol. The van der Waals surface area contributed by atoms with Crippen LogP contribution >= 0.6 is 22.7 Å². The van der Waals surface area contributed by atoms with E-state index in [1.54, 1.807) is 35.7 Å². The fraction of sp³-hybridized carbons (Fsp3) is 0.182. The van der Waals surface area contributed by atoms with Crippen LogP contribution in [0.4, 0.5) is 5.69 Å². The molecule has 8 heteroatoms. The minimum Gasteiger partial charge on any atom is -0.503 e. The molecule has 154 valence electrons. The van der Waals surface area contributed by atoms with Gasteiger partial charge in [0.15, 0.2) is 5.76 Å². The van der Waals surface area contributed by atoms with Crippen molar-refractivity contribution in [3.05, 3.63) is 73.8 Å². The Labute approximate surface area is 181 Å². The second-order valence-electron chi connectivity index (χ2n) is 6.69. The summed E-state index contributed by atoms with van der Waals surface area (Å²) in [5.41, 5.74) is 1.48. The van der Waals surface area contributed by atoms with Gasteiger partial charge in [-0.25, -0.2) is 0 Å². The quantitative estimate of drug-likeness (QED) is 0.550. The molecule has 1 aliphatic rings. The topological polar surface area (TPSA) is 76.1 Å². The van der Waals surface area contributed by atoms with Gasteiger partial charge in [-0.3, -0.25) is 14.5 Å². The van der Waals surface area contributed by atoms with Crippen molar-refractivity contribution < 1.29 is 24.2 Å². The molecule has 0 saturated carbocycles. The first-order chi connectivity index (χ1) is 14.5. The zero-order valence-electron chi connectivity index (χ0n) is 16.5. The number of anilines is 1. The number of nitrogens with zero attached hydrogens (tertiary/aromatic N) is 1. The number of hydrogen-bond acceptors (Lipinski definition) is 7. The molecule has 1 aliphatic heterocycles. The van der Waals surface area contributed by atoms with Crippen LogP contribution in [-0.2, 0) is 4.79 Å². The Bertz CT molecular complexity index is 1120. The van der Waals surface area contributed by atoms with Gasteiger partial charge in [-0.1, -0.05) is 6.07 Å². The number of amides is 1. The third kappa shape index (κ3) is 3.28. The van der Waals surface area contributed by atoms with Crippen LogP contribution in [0.2, 0.25) is 0 Å². The average molecular weight is 442 g/mol. The number of hydrogen-bond donors (Lipinski definition) is 1. The minimum absolute atomic E-state index is 0.0785. The SMILES string of the molecule is COc1cc(OC)cc(N2C(=O)C(O)=C(C(=O)c3cccs3)C2c2sccc2C)c1. The number of Topliss-reactive ketones (excluding diaryl/α,β-unsaturated/α-hetero) is 1. The van der Waals surface area contributed by atoms with Gasteiger partial charge in [0.25, 0.3) is 5.91 Å². The molecule has 0 aliphatic carbocycles. The molecule has 0 fully saturated rings. The third-order valence-corrected chi connectivity index (χ3v) is 6.90. The Morgan fingerprint density at radius 1 is 1.07 bits per heavy atom. The number of ketones is 1. The van der Waals surface area contributed by atoms with E-state index in [9.17, 15) is 14.7 Å². The van der Waals surface area contributed by atoms with Crippen molar-refractivity contribution in [3.63, 3.8) is 0 Å². The van der Waals surface area contributed by atoms with Gasteiger partial charge in [-0.05, 0) is 35.4 Å². The van der Waals surface area contributed by atoms with E-state index < -0.39 is 17.7 Å². The Morgan fingerprint density at radius 3 is 2.30 bits per heavy atom. The van der Waals surface area contributed by atoms with E-state index in [4.69, 9.17) is 9.47 Å². The molecule has 1 N–H and O–H groups in total. The number of aliphatic hydroxyl groups is 1. The number of methoxy groups -OCH3 is 2. The lowest BCUT2D eigenvalue weighted by molar-refractivity contribution is -0.117. The Kier molecular flexibility index (Phi) is 5.36. The predicted octanol–water partition coefficient (Wildman–Crippen LogP) is 4.92. The molecule has 0 bridgehead atoms. The second-order valence-corrected chi connectivity index (χ2v) is 8.58. The van der Waals surface area contributed by atoms with Crippen molar-refractivity contribution in [2.24, 2.45) is 0 Å². The van der Waals surface area contributed by atoms with Crippen molar-refractivity contribution in [1.29, 1.82) is 0 Å². The Morgan fingerprint density at radius 2 is 1.77 bits per heavy atom. The van der Waals surface area contributed by atoms with Crippen LogP contribution in [0.1, 0.15) is 26.2 Å². The third-order valence-electron chi connectivity index (χ3n) is 4.96. The summed E-state index contributed by atoms with van der Waals surface area (Å²) < 4.78 is 10.7. The summed E-state index contributed by atoms with van der Waals surface area (Å²) in [4.78, 5) is 29.2. The van der Waals surface area contributed by atoms with E-state index in [0.717, 1.165) is 10.4 Å². The van der Waals surface area contributed by atoms with Gasteiger partial charge in [0, 0.05) is 23.1 Å². The van der Waals surface area contributed by atoms with Crippen LogP contribution in [0.25, 0.3) is 0 Å². The highest BCUT2D eigenvalue weighted by Crippen LogP contribution is 2.46. The van der Waals surface area contributed by atoms with Crippen molar-refractivity contribution in [2.45, 2.75) is 13.0 Å². The largest absolute Gasteiger partial charge is 0.503 e. The van der Waals surface area contributed by atoms with Gasteiger partial charge in [-0.2, -0.15) is 0 Å². The van der Waals surface area contributed by atoms with Crippen LogP contribution in [0.3, 0.4) is 0 Å². The molecule has 30 heavy (non-hydrogen) atoms. The summed E-state index contributed by atoms with van der Waals surface area (Å²) in [7, 11) is 3.04. The minimum atomic E-state index is -0.746. The van der Waals surface area contributed by atoms with Crippen molar-refractivity contribution in [1.82, 2.24) is 0 Å². The molecule has 0 radical (unpaired) electrons. The van der Waals surface area contributed by atoms with Crippen LogP contribution in [0, 0.1) is 6.92 Å². The summed E-state index contributed by atoms with van der Waals surface area (Å²) in [5.74, 6) is -0.533. The number of ether oxygens (including phenoxy) is 2. The molecule has 1 aromatic carbocycles. The maximum Gasteiger partial charge on any atom is 0.294 e. The lowest BCUT2D eigenvalue weighted by Crippen LogP contribution is -2.31. The number of aliphatic hydroxyl groups excluding tert-OH is 1. The molecule has 1 amide bonds. The Hall–Kier alpha value is -3.10. The van der Waals surface area contributed by atoms with Crippen molar-refractivity contribution >= 4 is 40.1 Å². The summed E-state index contributed by atoms with van der Waals surface area (Å²) in [6.07, 6.45) is 0. The van der Waals surface area contributed by atoms with E-state index in [-0.39, 0.29) is 11.4 Å². The first kappa shape index (κ1) is 20.2. The number of carbonyl (C=O) groups is 2. The summed E-state index contributed by atoms with van der Waals surface area (Å²) in [6, 6.07) is 9.70. The first-order valence-corrected chi connectivity index (χ1v) is 10.8. The lowest BCUT2D eigenvalue weighted by Gasteiger charge is -2.27. The Balaban J connectivity index is 1.91. The van der Waals surface area contributed by atoms with Crippen LogP contribution in [-0.4, -0.2) is 31.0 Å². The molecular formula is C22H19NO5S2. The zero-order valence-corrected chi connectivity index (χ0v) is 18.2. The van der Waals surface area contributed by atoms with E-state index in [2.05, 4.69) is 0 Å². The number of carbonyl (C=O) groups excluding carboxylic acids is 2. The fourth-order valence-electron chi connectivity index (χ4n) is 3.49. The number of rotatable bonds is 6. The van der Waals surface area contributed by atoms with E-state index in [1.165, 1.54) is 41.8 Å². The summed E-state index contributed by atoms with van der Waals surface area (Å²) >= 11 is 2.71. The molecule has 3 heterocycles. The average Bonchev–Trinajstić information content (AvgIpc) is 3.48. The molecule has 3 aromatic rings. The second kappa shape index (κ2) is 7.97.